The van der Waals surface area contributed by atoms with Crippen molar-refractivity contribution in [3.05, 3.63) is 33.9 Å². The molecule has 20 heavy (non-hydrogen) atoms. The molecule has 2 rings (SSSR count). The Labute approximate surface area is 123 Å². The van der Waals surface area contributed by atoms with E-state index in [4.69, 9.17) is 0 Å². The number of hydrogen-bond donors (Lipinski definition) is 1. The van der Waals surface area contributed by atoms with Gasteiger partial charge in [-0.25, -0.2) is 0 Å². The lowest BCUT2D eigenvalue weighted by Gasteiger charge is -2.15. The molecule has 0 saturated heterocycles. The van der Waals surface area contributed by atoms with Crippen molar-refractivity contribution in [2.45, 2.75) is 65.8 Å². The maximum absolute atomic E-state index is 12.5. The topological polar surface area (TPSA) is 29.1 Å². The Morgan fingerprint density at radius 1 is 1.10 bits per heavy atom. The molecule has 2 nitrogen and oxygen atoms in total. The SMILES string of the molecule is Cc1cc(C)c(C)c(C(=O)CCNC2CCCC2)c1C. The Morgan fingerprint density at radius 3 is 2.20 bits per heavy atom. The summed E-state index contributed by atoms with van der Waals surface area (Å²) < 4.78 is 0. The summed E-state index contributed by atoms with van der Waals surface area (Å²) in [7, 11) is 0. The molecule has 0 atom stereocenters. The van der Waals surface area contributed by atoms with E-state index in [1.165, 1.54) is 36.8 Å². The number of rotatable bonds is 5. The van der Waals surface area contributed by atoms with Crippen molar-refractivity contribution in [2.24, 2.45) is 0 Å². The molecule has 1 aliphatic rings. The van der Waals surface area contributed by atoms with E-state index in [1.54, 1.807) is 0 Å². The van der Waals surface area contributed by atoms with Crippen molar-refractivity contribution in [1.82, 2.24) is 5.32 Å². The first kappa shape index (κ1) is 15.2. The molecule has 0 heterocycles. The Morgan fingerprint density at radius 2 is 1.65 bits per heavy atom. The van der Waals surface area contributed by atoms with Gasteiger partial charge in [0, 0.05) is 24.6 Å². The molecular weight excluding hydrogens is 246 g/mol. The normalized spacial score (nSPS) is 15.8. The van der Waals surface area contributed by atoms with Gasteiger partial charge in [0.25, 0.3) is 0 Å². The van der Waals surface area contributed by atoms with Gasteiger partial charge in [-0.15, -0.1) is 0 Å². The molecule has 0 aromatic heterocycles. The fourth-order valence-corrected chi connectivity index (χ4v) is 3.28. The Balaban J connectivity index is 2.01. The zero-order valence-corrected chi connectivity index (χ0v) is 13.3. The summed E-state index contributed by atoms with van der Waals surface area (Å²) >= 11 is 0. The van der Waals surface area contributed by atoms with E-state index in [0.29, 0.717) is 12.5 Å². The zero-order chi connectivity index (χ0) is 14.7. The minimum absolute atomic E-state index is 0.289. The lowest BCUT2D eigenvalue weighted by molar-refractivity contribution is 0.0980. The highest BCUT2D eigenvalue weighted by molar-refractivity contribution is 5.99. The van der Waals surface area contributed by atoms with E-state index in [2.05, 4.69) is 39.1 Å². The molecule has 0 bridgehead atoms. The maximum atomic E-state index is 12.5. The van der Waals surface area contributed by atoms with Crippen LogP contribution in [0.2, 0.25) is 0 Å². The van der Waals surface area contributed by atoms with Gasteiger partial charge < -0.3 is 5.32 Å². The maximum Gasteiger partial charge on any atom is 0.164 e. The molecule has 0 spiro atoms. The van der Waals surface area contributed by atoms with Crippen molar-refractivity contribution in [1.29, 1.82) is 0 Å². The molecule has 1 fully saturated rings. The van der Waals surface area contributed by atoms with E-state index in [-0.39, 0.29) is 5.78 Å². The Kier molecular flexibility index (Phi) is 4.98. The van der Waals surface area contributed by atoms with Crippen molar-refractivity contribution in [2.75, 3.05) is 6.54 Å². The van der Waals surface area contributed by atoms with Gasteiger partial charge in [0.1, 0.15) is 0 Å². The summed E-state index contributed by atoms with van der Waals surface area (Å²) in [6, 6.07) is 2.82. The highest BCUT2D eigenvalue weighted by atomic mass is 16.1. The van der Waals surface area contributed by atoms with Crippen molar-refractivity contribution in [3.63, 3.8) is 0 Å². The number of hydrogen-bond acceptors (Lipinski definition) is 2. The van der Waals surface area contributed by atoms with Crippen LogP contribution in [0.25, 0.3) is 0 Å². The molecule has 0 unspecified atom stereocenters. The quantitative estimate of drug-likeness (QED) is 0.821. The predicted octanol–water partition coefficient (Wildman–Crippen LogP) is 4.03. The summed E-state index contributed by atoms with van der Waals surface area (Å²) in [6.45, 7) is 9.14. The van der Waals surface area contributed by atoms with Crippen LogP contribution >= 0.6 is 0 Å². The average Bonchev–Trinajstić information content (AvgIpc) is 2.90. The fourth-order valence-electron chi connectivity index (χ4n) is 3.28. The first-order valence-corrected chi connectivity index (χ1v) is 7.84. The van der Waals surface area contributed by atoms with E-state index in [9.17, 15) is 4.79 Å². The molecule has 0 radical (unpaired) electrons. The molecule has 1 N–H and O–H groups in total. The van der Waals surface area contributed by atoms with Crippen LogP contribution in [0.5, 0.6) is 0 Å². The third-order valence-electron chi connectivity index (χ3n) is 4.79. The van der Waals surface area contributed by atoms with Crippen molar-refractivity contribution in [3.8, 4) is 0 Å². The lowest BCUT2D eigenvalue weighted by Crippen LogP contribution is -2.28. The minimum atomic E-state index is 0.289. The third-order valence-corrected chi connectivity index (χ3v) is 4.79. The van der Waals surface area contributed by atoms with Gasteiger partial charge in [-0.1, -0.05) is 18.9 Å². The van der Waals surface area contributed by atoms with Crippen LogP contribution in [0.3, 0.4) is 0 Å². The summed E-state index contributed by atoms with van der Waals surface area (Å²) in [5.74, 6) is 0.289. The smallest absolute Gasteiger partial charge is 0.164 e. The first-order chi connectivity index (χ1) is 9.50. The second-order valence-electron chi connectivity index (χ2n) is 6.24. The summed E-state index contributed by atoms with van der Waals surface area (Å²) in [4.78, 5) is 12.5. The molecule has 1 saturated carbocycles. The molecular formula is C18H27NO. The van der Waals surface area contributed by atoms with Gasteiger partial charge in [0.2, 0.25) is 0 Å². The van der Waals surface area contributed by atoms with Crippen LogP contribution in [0.1, 0.15) is 64.7 Å². The highest BCUT2D eigenvalue weighted by Crippen LogP contribution is 2.23. The van der Waals surface area contributed by atoms with E-state index in [0.717, 1.165) is 23.2 Å². The average molecular weight is 273 g/mol. The summed E-state index contributed by atoms with van der Waals surface area (Å²) in [5, 5.41) is 3.53. The van der Waals surface area contributed by atoms with Crippen LogP contribution < -0.4 is 5.32 Å². The van der Waals surface area contributed by atoms with Crippen LogP contribution in [0.4, 0.5) is 0 Å². The van der Waals surface area contributed by atoms with Gasteiger partial charge in [0.15, 0.2) is 5.78 Å². The van der Waals surface area contributed by atoms with E-state index < -0.39 is 0 Å². The van der Waals surface area contributed by atoms with Gasteiger partial charge >= 0.3 is 0 Å². The standard InChI is InChI=1S/C18H27NO/c1-12-11-13(2)15(4)18(14(12)3)17(20)9-10-19-16-7-5-6-8-16/h11,16,19H,5-10H2,1-4H3. The lowest BCUT2D eigenvalue weighted by atomic mass is 9.91. The van der Waals surface area contributed by atoms with Crippen LogP contribution in [-0.4, -0.2) is 18.4 Å². The molecule has 0 amide bonds. The van der Waals surface area contributed by atoms with Gasteiger partial charge in [-0.3, -0.25) is 4.79 Å². The first-order valence-electron chi connectivity index (χ1n) is 7.84. The molecule has 1 aromatic carbocycles. The monoisotopic (exact) mass is 273 g/mol. The van der Waals surface area contributed by atoms with Crippen molar-refractivity contribution < 1.29 is 4.79 Å². The van der Waals surface area contributed by atoms with Crippen LogP contribution in [0.15, 0.2) is 6.07 Å². The Bertz CT molecular complexity index is 472. The molecule has 1 aromatic rings. The molecule has 110 valence electrons. The second kappa shape index (κ2) is 6.53. The number of carbonyl (C=O) groups is 1. The number of benzene rings is 1. The molecule has 2 heteroatoms. The van der Waals surface area contributed by atoms with Crippen molar-refractivity contribution >= 4 is 5.78 Å². The second-order valence-corrected chi connectivity index (χ2v) is 6.24. The highest BCUT2D eigenvalue weighted by Gasteiger charge is 2.17. The predicted molar refractivity (Wildman–Crippen MR) is 84.6 cm³/mol. The van der Waals surface area contributed by atoms with Gasteiger partial charge in [-0.2, -0.15) is 0 Å². The van der Waals surface area contributed by atoms with Crippen LogP contribution in [0, 0.1) is 27.7 Å². The number of aryl methyl sites for hydroxylation is 2. The molecule has 0 aliphatic heterocycles. The number of nitrogens with one attached hydrogen (secondary N) is 1. The molecule has 1 aliphatic carbocycles. The summed E-state index contributed by atoms with van der Waals surface area (Å²) in [6.07, 6.45) is 5.83. The number of ketones is 1. The Hall–Kier alpha value is -1.15. The minimum Gasteiger partial charge on any atom is -0.314 e. The zero-order valence-electron chi connectivity index (χ0n) is 13.3. The van der Waals surface area contributed by atoms with E-state index in [1.807, 2.05) is 0 Å². The summed E-state index contributed by atoms with van der Waals surface area (Å²) in [5.41, 5.74) is 5.70. The third kappa shape index (κ3) is 3.29. The van der Waals surface area contributed by atoms with Gasteiger partial charge in [0.05, 0.1) is 0 Å². The van der Waals surface area contributed by atoms with Gasteiger partial charge in [-0.05, 0) is 62.8 Å². The largest absolute Gasteiger partial charge is 0.314 e. The number of carbonyl (C=O) groups excluding carboxylic acids is 1. The fraction of sp³-hybridized carbons (Fsp3) is 0.611. The van der Waals surface area contributed by atoms with Crippen LogP contribution in [-0.2, 0) is 0 Å². The van der Waals surface area contributed by atoms with E-state index >= 15 is 0 Å². The number of Topliss-reactive ketones (excluding diaryl/α,β-unsaturated/α-hetero) is 1.